The van der Waals surface area contributed by atoms with Crippen LogP contribution in [0.4, 0.5) is 0 Å². The van der Waals surface area contributed by atoms with Crippen molar-refractivity contribution in [2.24, 2.45) is 23.7 Å². The van der Waals surface area contributed by atoms with Crippen LogP contribution < -0.4 is 9.47 Å². The van der Waals surface area contributed by atoms with Crippen LogP contribution in [0.5, 0.6) is 11.5 Å². The molecule has 0 spiro atoms. The number of allylic oxidation sites excluding steroid dienone is 2. The number of carbonyl (C=O) groups excluding carboxylic acids is 2. The molecule has 0 aromatic heterocycles. The molecule has 35 heavy (non-hydrogen) atoms. The van der Waals surface area contributed by atoms with Gasteiger partial charge >= 0.3 is 0 Å². The lowest BCUT2D eigenvalue weighted by Crippen LogP contribution is -2.35. The summed E-state index contributed by atoms with van der Waals surface area (Å²) in [4.78, 5) is 28.4. The lowest BCUT2D eigenvalue weighted by molar-refractivity contribution is -0.135. The van der Waals surface area contributed by atoms with Gasteiger partial charge in [0.05, 0.1) is 13.7 Å². The van der Waals surface area contributed by atoms with E-state index in [4.69, 9.17) is 14.2 Å². The maximum absolute atomic E-state index is 13.4. The maximum atomic E-state index is 13.4. The number of ether oxygens (including phenoxy) is 3. The fraction of sp³-hybridized carbons (Fsp3) is 0.655. The molecule has 0 N–H and O–H groups in total. The summed E-state index contributed by atoms with van der Waals surface area (Å²) in [7, 11) is 3.26. The van der Waals surface area contributed by atoms with Gasteiger partial charge in [0.25, 0.3) is 0 Å². The summed E-state index contributed by atoms with van der Waals surface area (Å²) in [6, 6.07) is 5.39. The van der Waals surface area contributed by atoms with Gasteiger partial charge in [0.15, 0.2) is 17.3 Å². The Morgan fingerprint density at radius 2 is 1.54 bits per heavy atom. The molecule has 1 heterocycles. The van der Waals surface area contributed by atoms with Crippen LogP contribution in [0.1, 0.15) is 70.2 Å². The van der Waals surface area contributed by atoms with Crippen LogP contribution >= 0.6 is 0 Å². The van der Waals surface area contributed by atoms with Gasteiger partial charge in [0, 0.05) is 50.6 Å². The summed E-state index contributed by atoms with van der Waals surface area (Å²) in [5.41, 5.74) is 0.629. The van der Waals surface area contributed by atoms with Gasteiger partial charge in [0.1, 0.15) is 0 Å². The molecule has 2 rings (SSSR count). The van der Waals surface area contributed by atoms with Crippen molar-refractivity contribution in [1.82, 2.24) is 4.90 Å². The lowest BCUT2D eigenvalue weighted by atomic mass is 9.84. The maximum Gasteiger partial charge on any atom is 0.226 e. The van der Waals surface area contributed by atoms with Gasteiger partial charge in [0.2, 0.25) is 5.91 Å². The first kappa shape index (κ1) is 28.9. The van der Waals surface area contributed by atoms with Crippen LogP contribution in [0.15, 0.2) is 30.4 Å². The molecule has 6 heteroatoms. The zero-order chi connectivity index (χ0) is 25.8. The molecule has 2 unspecified atom stereocenters. The molecular formula is C29H45NO5. The number of amides is 1. The second-order valence-electron chi connectivity index (χ2n) is 10.1. The van der Waals surface area contributed by atoms with Crippen molar-refractivity contribution in [3.05, 3.63) is 35.9 Å². The monoisotopic (exact) mass is 487 g/mol. The van der Waals surface area contributed by atoms with Crippen LogP contribution in [-0.4, -0.2) is 57.1 Å². The Labute approximate surface area is 212 Å². The molecule has 196 valence electrons. The minimum absolute atomic E-state index is 0.00282. The molecule has 2 atom stereocenters. The molecule has 0 bridgehead atoms. The average molecular weight is 488 g/mol. The SMILES string of the molecule is COCCCOc1cc(C(=O)C(CC=CCC(C(=O)N2CCCC2)C(C)C)C(C)C)ccc1OC. The summed E-state index contributed by atoms with van der Waals surface area (Å²) in [5.74, 6) is 1.89. The number of likely N-dealkylation sites (tertiary alicyclic amines) is 1. The smallest absolute Gasteiger partial charge is 0.226 e. The number of hydrogen-bond acceptors (Lipinski definition) is 5. The fourth-order valence-corrected chi connectivity index (χ4v) is 4.54. The average Bonchev–Trinajstić information content (AvgIpc) is 3.38. The van der Waals surface area contributed by atoms with E-state index in [1.165, 1.54) is 0 Å². The number of Topliss-reactive ketones (excluding diaryl/α,β-unsaturated/α-hetero) is 1. The van der Waals surface area contributed by atoms with Crippen molar-refractivity contribution in [2.45, 2.75) is 59.8 Å². The third-order valence-corrected chi connectivity index (χ3v) is 6.83. The van der Waals surface area contributed by atoms with E-state index >= 15 is 0 Å². The Balaban J connectivity index is 2.05. The number of rotatable bonds is 15. The van der Waals surface area contributed by atoms with E-state index in [2.05, 4.69) is 39.8 Å². The summed E-state index contributed by atoms with van der Waals surface area (Å²) >= 11 is 0. The van der Waals surface area contributed by atoms with Crippen molar-refractivity contribution < 1.29 is 23.8 Å². The van der Waals surface area contributed by atoms with Crippen molar-refractivity contribution in [3.8, 4) is 11.5 Å². The van der Waals surface area contributed by atoms with Gasteiger partial charge in [-0.1, -0.05) is 39.8 Å². The predicted molar refractivity (Wildman–Crippen MR) is 140 cm³/mol. The molecule has 1 aliphatic heterocycles. The van der Waals surface area contributed by atoms with E-state index in [1.807, 2.05) is 11.0 Å². The van der Waals surface area contributed by atoms with Crippen LogP contribution in [-0.2, 0) is 9.53 Å². The zero-order valence-electron chi connectivity index (χ0n) is 22.5. The summed E-state index contributed by atoms with van der Waals surface area (Å²) < 4.78 is 16.4. The summed E-state index contributed by atoms with van der Waals surface area (Å²) in [5, 5.41) is 0. The molecule has 0 radical (unpaired) electrons. The highest BCUT2D eigenvalue weighted by Gasteiger charge is 2.28. The van der Waals surface area contributed by atoms with E-state index in [0.717, 1.165) is 32.4 Å². The Bertz CT molecular complexity index is 826. The summed E-state index contributed by atoms with van der Waals surface area (Å²) in [6.45, 7) is 11.3. The van der Waals surface area contributed by atoms with Crippen LogP contribution in [0.3, 0.4) is 0 Å². The third-order valence-electron chi connectivity index (χ3n) is 6.83. The van der Waals surface area contributed by atoms with Gasteiger partial charge in [-0.3, -0.25) is 9.59 Å². The minimum Gasteiger partial charge on any atom is -0.493 e. The molecule has 1 fully saturated rings. The zero-order valence-corrected chi connectivity index (χ0v) is 22.5. The van der Waals surface area contributed by atoms with E-state index in [9.17, 15) is 9.59 Å². The number of carbonyl (C=O) groups is 2. The topological polar surface area (TPSA) is 65.1 Å². The molecule has 0 saturated carbocycles. The molecule has 1 amide bonds. The fourth-order valence-electron chi connectivity index (χ4n) is 4.54. The number of nitrogens with zero attached hydrogens (tertiary/aromatic N) is 1. The Hall–Kier alpha value is -2.34. The first-order valence-corrected chi connectivity index (χ1v) is 13.1. The predicted octanol–water partition coefficient (Wildman–Crippen LogP) is 5.80. The first-order chi connectivity index (χ1) is 16.8. The number of ketones is 1. The van der Waals surface area contributed by atoms with E-state index in [-0.39, 0.29) is 35.4 Å². The van der Waals surface area contributed by atoms with Crippen LogP contribution in [0, 0.1) is 23.7 Å². The quantitative estimate of drug-likeness (QED) is 0.178. The molecule has 1 aromatic rings. The standard InChI is InChI=1S/C29H45NO5/c1-21(2)24(12-7-8-13-25(22(3)4)29(32)30-16-9-10-17-30)28(31)23-14-15-26(34-6)27(20-23)35-19-11-18-33-5/h7-8,14-15,20-22,24-25H,9-13,16-19H2,1-6H3. The van der Waals surface area contributed by atoms with Gasteiger partial charge in [-0.15, -0.1) is 0 Å². The van der Waals surface area contributed by atoms with E-state index in [0.29, 0.717) is 43.1 Å². The van der Waals surface area contributed by atoms with E-state index in [1.54, 1.807) is 26.4 Å². The van der Waals surface area contributed by atoms with Crippen LogP contribution in [0.2, 0.25) is 0 Å². The highest BCUT2D eigenvalue weighted by atomic mass is 16.5. The normalized spacial score (nSPS) is 15.7. The van der Waals surface area contributed by atoms with Gasteiger partial charge in [-0.05, 0) is 55.7 Å². The van der Waals surface area contributed by atoms with Gasteiger partial charge < -0.3 is 19.1 Å². The van der Waals surface area contributed by atoms with Gasteiger partial charge in [-0.2, -0.15) is 0 Å². The van der Waals surface area contributed by atoms with Crippen LogP contribution in [0.25, 0.3) is 0 Å². The molecule has 1 aromatic carbocycles. The second kappa shape index (κ2) is 14.9. The summed E-state index contributed by atoms with van der Waals surface area (Å²) in [6.07, 6.45) is 8.52. The largest absolute Gasteiger partial charge is 0.493 e. The van der Waals surface area contributed by atoms with Gasteiger partial charge in [-0.25, -0.2) is 0 Å². The number of methoxy groups -OCH3 is 2. The molecule has 1 saturated heterocycles. The Kier molecular flexibility index (Phi) is 12.3. The van der Waals surface area contributed by atoms with Crippen molar-refractivity contribution >= 4 is 11.7 Å². The first-order valence-electron chi connectivity index (χ1n) is 13.1. The number of hydrogen-bond donors (Lipinski definition) is 0. The molecular weight excluding hydrogens is 442 g/mol. The lowest BCUT2D eigenvalue weighted by Gasteiger charge is -2.25. The minimum atomic E-state index is -0.146. The molecule has 6 nitrogen and oxygen atoms in total. The molecule has 0 aliphatic carbocycles. The Morgan fingerprint density at radius 3 is 2.11 bits per heavy atom. The highest BCUT2D eigenvalue weighted by molar-refractivity contribution is 5.98. The Morgan fingerprint density at radius 1 is 0.914 bits per heavy atom. The highest BCUT2D eigenvalue weighted by Crippen LogP contribution is 2.31. The number of benzene rings is 1. The molecule has 1 aliphatic rings. The van der Waals surface area contributed by atoms with E-state index < -0.39 is 0 Å². The second-order valence-corrected chi connectivity index (χ2v) is 10.1. The van der Waals surface area contributed by atoms with Crippen molar-refractivity contribution in [3.63, 3.8) is 0 Å². The van der Waals surface area contributed by atoms with Crippen molar-refractivity contribution in [2.75, 3.05) is 40.5 Å². The third kappa shape index (κ3) is 8.68. The van der Waals surface area contributed by atoms with Crippen molar-refractivity contribution in [1.29, 1.82) is 0 Å².